The lowest BCUT2D eigenvalue weighted by molar-refractivity contribution is -0.117. The number of amides is 1. The van der Waals surface area contributed by atoms with Gasteiger partial charge in [0.05, 0.1) is 19.1 Å². The second kappa shape index (κ2) is 7.62. The van der Waals surface area contributed by atoms with Crippen molar-refractivity contribution in [3.8, 4) is 0 Å². The SMILES string of the molecule is O=C(CCOC1CCNCC1)Nc1cccc(Br)c1. The molecule has 2 rings (SSSR count). The van der Waals surface area contributed by atoms with Gasteiger partial charge in [0, 0.05) is 10.2 Å². The van der Waals surface area contributed by atoms with Gasteiger partial charge in [0.2, 0.25) is 5.91 Å². The molecule has 0 atom stereocenters. The first-order chi connectivity index (χ1) is 9.24. The van der Waals surface area contributed by atoms with Crippen molar-refractivity contribution in [3.63, 3.8) is 0 Å². The maximum Gasteiger partial charge on any atom is 0.226 e. The minimum atomic E-state index is -0.00738. The Kier molecular flexibility index (Phi) is 5.82. The Balaban J connectivity index is 1.67. The van der Waals surface area contributed by atoms with E-state index in [-0.39, 0.29) is 5.91 Å². The lowest BCUT2D eigenvalue weighted by Gasteiger charge is -2.22. The van der Waals surface area contributed by atoms with E-state index in [1.54, 1.807) is 0 Å². The molecular weight excluding hydrogens is 308 g/mol. The molecule has 0 radical (unpaired) electrons. The minimum Gasteiger partial charge on any atom is -0.378 e. The van der Waals surface area contributed by atoms with Gasteiger partial charge in [-0.15, -0.1) is 0 Å². The first-order valence-electron chi connectivity index (χ1n) is 6.62. The molecule has 1 saturated heterocycles. The Morgan fingerprint density at radius 1 is 1.42 bits per heavy atom. The minimum absolute atomic E-state index is 0.00738. The molecule has 1 fully saturated rings. The van der Waals surface area contributed by atoms with Crippen molar-refractivity contribution >= 4 is 27.5 Å². The van der Waals surface area contributed by atoms with Gasteiger partial charge in [0.25, 0.3) is 0 Å². The van der Waals surface area contributed by atoms with Gasteiger partial charge >= 0.3 is 0 Å². The smallest absolute Gasteiger partial charge is 0.226 e. The Labute approximate surface area is 122 Å². The summed E-state index contributed by atoms with van der Waals surface area (Å²) < 4.78 is 6.66. The van der Waals surface area contributed by atoms with Crippen molar-refractivity contribution in [1.29, 1.82) is 0 Å². The van der Waals surface area contributed by atoms with E-state index >= 15 is 0 Å². The standard InChI is InChI=1S/C14H19BrN2O2/c15-11-2-1-3-12(10-11)17-14(18)6-9-19-13-4-7-16-8-5-13/h1-3,10,13,16H,4-9H2,(H,17,18). The molecule has 19 heavy (non-hydrogen) atoms. The average Bonchev–Trinajstić information content (AvgIpc) is 2.40. The summed E-state index contributed by atoms with van der Waals surface area (Å²) in [6.45, 7) is 2.51. The third-order valence-electron chi connectivity index (χ3n) is 3.08. The molecule has 0 saturated carbocycles. The number of piperidine rings is 1. The lowest BCUT2D eigenvalue weighted by Crippen LogP contribution is -2.33. The number of carbonyl (C=O) groups is 1. The second-order valence-corrected chi connectivity index (χ2v) is 5.54. The van der Waals surface area contributed by atoms with Crippen LogP contribution in [0.15, 0.2) is 28.7 Å². The summed E-state index contributed by atoms with van der Waals surface area (Å²) in [5, 5.41) is 6.15. The van der Waals surface area contributed by atoms with Crippen molar-refractivity contribution in [2.24, 2.45) is 0 Å². The summed E-state index contributed by atoms with van der Waals surface area (Å²) in [6, 6.07) is 7.57. The van der Waals surface area contributed by atoms with E-state index in [1.165, 1.54) is 0 Å². The number of anilines is 1. The number of ether oxygens (including phenoxy) is 1. The van der Waals surface area contributed by atoms with Gasteiger partial charge in [0.15, 0.2) is 0 Å². The number of halogens is 1. The van der Waals surface area contributed by atoms with Crippen LogP contribution in [0.2, 0.25) is 0 Å². The van der Waals surface area contributed by atoms with E-state index in [0.29, 0.717) is 19.1 Å². The van der Waals surface area contributed by atoms with Crippen LogP contribution in [0, 0.1) is 0 Å². The van der Waals surface area contributed by atoms with Crippen LogP contribution >= 0.6 is 15.9 Å². The topological polar surface area (TPSA) is 50.4 Å². The molecule has 2 N–H and O–H groups in total. The Morgan fingerprint density at radius 2 is 2.21 bits per heavy atom. The molecule has 0 bridgehead atoms. The van der Waals surface area contributed by atoms with Crippen LogP contribution in [-0.2, 0) is 9.53 Å². The van der Waals surface area contributed by atoms with Gasteiger partial charge < -0.3 is 15.4 Å². The van der Waals surface area contributed by atoms with Crippen LogP contribution in [0.1, 0.15) is 19.3 Å². The Hall–Kier alpha value is -0.910. The normalized spacial score (nSPS) is 16.3. The highest BCUT2D eigenvalue weighted by Gasteiger charge is 2.13. The number of carbonyl (C=O) groups excluding carboxylic acids is 1. The van der Waals surface area contributed by atoms with Crippen LogP contribution in [-0.4, -0.2) is 31.7 Å². The van der Waals surface area contributed by atoms with Crippen molar-refractivity contribution in [1.82, 2.24) is 5.32 Å². The molecule has 4 nitrogen and oxygen atoms in total. The molecule has 1 aromatic rings. The quantitative estimate of drug-likeness (QED) is 0.874. The molecule has 1 aliphatic rings. The average molecular weight is 327 g/mol. The molecule has 0 aromatic heterocycles. The molecule has 0 spiro atoms. The van der Waals surface area contributed by atoms with Gasteiger partial charge in [-0.05, 0) is 44.1 Å². The van der Waals surface area contributed by atoms with Gasteiger partial charge in [0.1, 0.15) is 0 Å². The molecular formula is C14H19BrN2O2. The van der Waals surface area contributed by atoms with E-state index in [4.69, 9.17) is 4.74 Å². The Morgan fingerprint density at radius 3 is 2.95 bits per heavy atom. The number of benzene rings is 1. The summed E-state index contributed by atoms with van der Waals surface area (Å²) >= 11 is 3.37. The molecule has 5 heteroatoms. The van der Waals surface area contributed by atoms with E-state index in [0.717, 1.165) is 36.1 Å². The van der Waals surface area contributed by atoms with Crippen LogP contribution in [0.4, 0.5) is 5.69 Å². The molecule has 0 aliphatic carbocycles. The van der Waals surface area contributed by atoms with E-state index in [1.807, 2.05) is 24.3 Å². The number of nitrogens with one attached hydrogen (secondary N) is 2. The van der Waals surface area contributed by atoms with Crippen molar-refractivity contribution in [2.75, 3.05) is 25.0 Å². The highest BCUT2D eigenvalue weighted by molar-refractivity contribution is 9.10. The van der Waals surface area contributed by atoms with Crippen LogP contribution < -0.4 is 10.6 Å². The summed E-state index contributed by atoms with van der Waals surface area (Å²) in [4.78, 5) is 11.7. The number of hydrogen-bond donors (Lipinski definition) is 2. The van der Waals surface area contributed by atoms with Crippen LogP contribution in [0.5, 0.6) is 0 Å². The molecule has 1 aliphatic heterocycles. The van der Waals surface area contributed by atoms with Crippen molar-refractivity contribution < 1.29 is 9.53 Å². The highest BCUT2D eigenvalue weighted by atomic mass is 79.9. The number of rotatable bonds is 5. The lowest BCUT2D eigenvalue weighted by atomic mass is 10.1. The maximum atomic E-state index is 11.7. The molecule has 1 heterocycles. The van der Waals surface area contributed by atoms with Crippen molar-refractivity contribution in [2.45, 2.75) is 25.4 Å². The summed E-state index contributed by atoms with van der Waals surface area (Å²) in [7, 11) is 0. The monoisotopic (exact) mass is 326 g/mol. The fourth-order valence-electron chi connectivity index (χ4n) is 2.07. The third-order valence-corrected chi connectivity index (χ3v) is 3.57. The largest absolute Gasteiger partial charge is 0.378 e. The first kappa shape index (κ1) is 14.5. The fourth-order valence-corrected chi connectivity index (χ4v) is 2.47. The van der Waals surface area contributed by atoms with Gasteiger partial charge in [-0.3, -0.25) is 4.79 Å². The van der Waals surface area contributed by atoms with Crippen LogP contribution in [0.3, 0.4) is 0 Å². The molecule has 104 valence electrons. The summed E-state index contributed by atoms with van der Waals surface area (Å²) in [5.41, 5.74) is 0.807. The summed E-state index contributed by atoms with van der Waals surface area (Å²) in [6.07, 6.45) is 2.77. The highest BCUT2D eigenvalue weighted by Crippen LogP contribution is 2.15. The van der Waals surface area contributed by atoms with Gasteiger partial charge in [-0.1, -0.05) is 22.0 Å². The predicted octanol–water partition coefficient (Wildman–Crippen LogP) is 2.55. The molecule has 0 unspecified atom stereocenters. The van der Waals surface area contributed by atoms with E-state index in [9.17, 15) is 4.79 Å². The van der Waals surface area contributed by atoms with Crippen molar-refractivity contribution in [3.05, 3.63) is 28.7 Å². The zero-order valence-electron chi connectivity index (χ0n) is 10.8. The molecule has 1 aromatic carbocycles. The number of hydrogen-bond acceptors (Lipinski definition) is 3. The van der Waals surface area contributed by atoms with Crippen LogP contribution in [0.25, 0.3) is 0 Å². The fraction of sp³-hybridized carbons (Fsp3) is 0.500. The zero-order chi connectivity index (χ0) is 13.5. The maximum absolute atomic E-state index is 11.7. The first-order valence-corrected chi connectivity index (χ1v) is 7.41. The van der Waals surface area contributed by atoms with Gasteiger partial charge in [-0.2, -0.15) is 0 Å². The van der Waals surface area contributed by atoms with E-state index in [2.05, 4.69) is 26.6 Å². The van der Waals surface area contributed by atoms with Gasteiger partial charge in [-0.25, -0.2) is 0 Å². The molecule has 1 amide bonds. The zero-order valence-corrected chi connectivity index (χ0v) is 12.4. The second-order valence-electron chi connectivity index (χ2n) is 4.63. The summed E-state index contributed by atoms with van der Waals surface area (Å²) in [5.74, 6) is -0.00738. The Bertz CT molecular complexity index is 420. The third kappa shape index (κ3) is 5.30. The van der Waals surface area contributed by atoms with E-state index < -0.39 is 0 Å². The predicted molar refractivity (Wildman–Crippen MR) is 79.2 cm³/mol.